The number of amides is 1. The maximum atomic E-state index is 12.7. The Labute approximate surface area is 158 Å². The Balaban J connectivity index is 1.50. The van der Waals surface area contributed by atoms with Gasteiger partial charge < -0.3 is 14.6 Å². The summed E-state index contributed by atoms with van der Waals surface area (Å²) in [5.41, 5.74) is 4.15. The van der Waals surface area contributed by atoms with Crippen molar-refractivity contribution in [2.45, 2.75) is 31.7 Å². The number of aliphatic hydroxyl groups excluding tert-OH is 1. The zero-order valence-corrected chi connectivity index (χ0v) is 15.1. The summed E-state index contributed by atoms with van der Waals surface area (Å²) in [5.74, 6) is 0. The first-order valence-corrected chi connectivity index (χ1v) is 9.22. The Hall–Kier alpha value is -2.63. The second-order valence-corrected chi connectivity index (χ2v) is 6.96. The smallest absolute Gasteiger partial charge is 0.411 e. The quantitative estimate of drug-likeness (QED) is 0.902. The summed E-state index contributed by atoms with van der Waals surface area (Å²) in [6.45, 7) is 1.27. The number of fused-ring (bicyclic) bond motifs is 2. The van der Waals surface area contributed by atoms with E-state index in [9.17, 15) is 9.90 Å². The third-order valence-electron chi connectivity index (χ3n) is 5.09. The summed E-state index contributed by atoms with van der Waals surface area (Å²) in [5, 5.41) is 9.38. The maximum absolute atomic E-state index is 12.7. The first-order chi connectivity index (χ1) is 13.2. The fourth-order valence-corrected chi connectivity index (χ4v) is 3.76. The van der Waals surface area contributed by atoms with Gasteiger partial charge in [-0.1, -0.05) is 54.6 Å². The molecule has 2 aliphatic rings. The summed E-state index contributed by atoms with van der Waals surface area (Å²) in [4.78, 5) is 14.5. The third-order valence-corrected chi connectivity index (χ3v) is 5.09. The highest BCUT2D eigenvalue weighted by atomic mass is 16.6. The molecule has 2 aliphatic heterocycles. The average Bonchev–Trinajstić information content (AvgIpc) is 2.72. The molecule has 2 heterocycles. The minimum Gasteiger partial charge on any atom is -0.445 e. The van der Waals surface area contributed by atoms with E-state index in [1.807, 2.05) is 59.5 Å². The number of ether oxygens (including phenoxy) is 2. The SMILES string of the molecule is O=C(OCc1ccccc1)N1C2C=C(c3cccc(CO)c3)CC1COC2. The Morgan fingerprint density at radius 1 is 1.11 bits per heavy atom. The van der Waals surface area contributed by atoms with Gasteiger partial charge in [0.2, 0.25) is 0 Å². The van der Waals surface area contributed by atoms with Gasteiger partial charge in [-0.2, -0.15) is 0 Å². The first-order valence-electron chi connectivity index (χ1n) is 9.22. The molecule has 1 saturated heterocycles. The predicted molar refractivity (Wildman–Crippen MR) is 102 cm³/mol. The van der Waals surface area contributed by atoms with Crippen LogP contribution in [-0.2, 0) is 22.7 Å². The van der Waals surface area contributed by atoms with Crippen molar-refractivity contribution in [3.05, 3.63) is 77.4 Å². The standard InChI is InChI=1S/C22H23NO4/c24-12-17-7-4-8-18(9-17)19-10-20-14-26-15-21(11-19)23(20)22(25)27-13-16-5-2-1-3-6-16/h1-10,20-21,24H,11-15H2. The number of benzene rings is 2. The van der Waals surface area contributed by atoms with E-state index in [1.165, 1.54) is 5.57 Å². The van der Waals surface area contributed by atoms with Crippen LogP contribution in [0.4, 0.5) is 4.79 Å². The molecule has 4 rings (SSSR count). The van der Waals surface area contributed by atoms with Gasteiger partial charge in [0, 0.05) is 0 Å². The van der Waals surface area contributed by atoms with Gasteiger partial charge in [-0.25, -0.2) is 4.79 Å². The van der Waals surface area contributed by atoms with Crippen LogP contribution in [0.2, 0.25) is 0 Å². The topological polar surface area (TPSA) is 59.0 Å². The Bertz CT molecular complexity index is 833. The number of rotatable bonds is 4. The van der Waals surface area contributed by atoms with Crippen LogP contribution in [0.15, 0.2) is 60.7 Å². The monoisotopic (exact) mass is 365 g/mol. The van der Waals surface area contributed by atoms with Crippen LogP contribution in [0.1, 0.15) is 23.1 Å². The van der Waals surface area contributed by atoms with E-state index in [-0.39, 0.29) is 31.4 Å². The minimum atomic E-state index is -0.295. The van der Waals surface area contributed by atoms with Crippen LogP contribution in [0.25, 0.3) is 5.57 Å². The van der Waals surface area contributed by atoms with Gasteiger partial charge >= 0.3 is 6.09 Å². The molecule has 1 amide bonds. The van der Waals surface area contributed by atoms with Gasteiger partial charge in [-0.15, -0.1) is 0 Å². The zero-order chi connectivity index (χ0) is 18.6. The second-order valence-electron chi connectivity index (χ2n) is 6.96. The molecule has 0 radical (unpaired) electrons. The van der Waals surface area contributed by atoms with Crippen molar-refractivity contribution in [2.24, 2.45) is 0 Å². The zero-order valence-electron chi connectivity index (χ0n) is 15.1. The Morgan fingerprint density at radius 2 is 1.93 bits per heavy atom. The highest BCUT2D eigenvalue weighted by Crippen LogP contribution is 2.33. The van der Waals surface area contributed by atoms with E-state index in [2.05, 4.69) is 6.08 Å². The lowest BCUT2D eigenvalue weighted by Gasteiger charge is -2.43. The van der Waals surface area contributed by atoms with Crippen molar-refractivity contribution in [3.8, 4) is 0 Å². The van der Waals surface area contributed by atoms with Gasteiger partial charge in [0.15, 0.2) is 0 Å². The number of aliphatic hydroxyl groups is 1. The number of carbonyl (C=O) groups is 1. The summed E-state index contributed by atoms with van der Waals surface area (Å²) in [6, 6.07) is 17.4. The van der Waals surface area contributed by atoms with E-state index in [0.29, 0.717) is 19.6 Å². The van der Waals surface area contributed by atoms with Crippen LogP contribution in [0.3, 0.4) is 0 Å². The number of nitrogens with zero attached hydrogens (tertiary/aromatic N) is 1. The van der Waals surface area contributed by atoms with E-state index < -0.39 is 0 Å². The van der Waals surface area contributed by atoms with Gasteiger partial charge in [0.25, 0.3) is 0 Å². The summed E-state index contributed by atoms with van der Waals surface area (Å²) < 4.78 is 11.2. The molecule has 0 aliphatic carbocycles. The highest BCUT2D eigenvalue weighted by molar-refractivity contribution is 5.74. The summed E-state index contributed by atoms with van der Waals surface area (Å²) in [7, 11) is 0. The van der Waals surface area contributed by atoms with Crippen LogP contribution in [0, 0.1) is 0 Å². The lowest BCUT2D eigenvalue weighted by molar-refractivity contribution is -0.0342. The molecular formula is C22H23NO4. The lowest BCUT2D eigenvalue weighted by atomic mass is 9.89. The third kappa shape index (κ3) is 3.89. The largest absolute Gasteiger partial charge is 0.445 e. The van der Waals surface area contributed by atoms with Gasteiger partial charge in [-0.3, -0.25) is 4.90 Å². The minimum absolute atomic E-state index is 0.0228. The van der Waals surface area contributed by atoms with Crippen molar-refractivity contribution in [3.63, 3.8) is 0 Å². The van der Waals surface area contributed by atoms with Gasteiger partial charge in [-0.05, 0) is 34.8 Å². The first kappa shape index (κ1) is 17.8. The van der Waals surface area contributed by atoms with E-state index in [4.69, 9.17) is 9.47 Å². The van der Waals surface area contributed by atoms with Crippen LogP contribution in [0.5, 0.6) is 0 Å². The van der Waals surface area contributed by atoms with E-state index in [1.54, 1.807) is 0 Å². The van der Waals surface area contributed by atoms with Crippen molar-refractivity contribution < 1.29 is 19.4 Å². The summed E-state index contributed by atoms with van der Waals surface area (Å²) >= 11 is 0. The molecule has 2 atom stereocenters. The molecule has 2 bridgehead atoms. The van der Waals surface area contributed by atoms with Gasteiger partial charge in [0.05, 0.1) is 31.9 Å². The van der Waals surface area contributed by atoms with Crippen LogP contribution >= 0.6 is 0 Å². The van der Waals surface area contributed by atoms with Gasteiger partial charge in [0.1, 0.15) is 6.61 Å². The maximum Gasteiger partial charge on any atom is 0.411 e. The van der Waals surface area contributed by atoms with E-state index in [0.717, 1.165) is 16.7 Å². The fourth-order valence-electron chi connectivity index (χ4n) is 3.76. The van der Waals surface area contributed by atoms with Crippen LogP contribution < -0.4 is 0 Å². The Morgan fingerprint density at radius 3 is 2.70 bits per heavy atom. The molecule has 27 heavy (non-hydrogen) atoms. The number of carbonyl (C=O) groups excluding carboxylic acids is 1. The molecule has 2 aromatic carbocycles. The molecule has 0 aromatic heterocycles. The number of hydrogen-bond donors (Lipinski definition) is 1. The Kier molecular flexibility index (Phi) is 5.23. The number of morpholine rings is 1. The van der Waals surface area contributed by atoms with Crippen molar-refractivity contribution in [1.29, 1.82) is 0 Å². The molecule has 0 saturated carbocycles. The normalized spacial score (nSPS) is 21.5. The van der Waals surface area contributed by atoms with Crippen molar-refractivity contribution >= 4 is 11.7 Å². The molecule has 2 aromatic rings. The predicted octanol–water partition coefficient (Wildman–Crippen LogP) is 3.37. The molecular weight excluding hydrogens is 342 g/mol. The second kappa shape index (κ2) is 7.94. The molecule has 5 nitrogen and oxygen atoms in total. The molecule has 140 valence electrons. The van der Waals surface area contributed by atoms with Crippen LogP contribution in [-0.4, -0.2) is 41.4 Å². The van der Waals surface area contributed by atoms with E-state index >= 15 is 0 Å². The molecule has 5 heteroatoms. The highest BCUT2D eigenvalue weighted by Gasteiger charge is 2.39. The lowest BCUT2D eigenvalue weighted by Crippen LogP contribution is -2.56. The molecule has 1 fully saturated rings. The summed E-state index contributed by atoms with van der Waals surface area (Å²) in [6.07, 6.45) is 2.51. The molecule has 2 unspecified atom stereocenters. The molecule has 0 spiro atoms. The van der Waals surface area contributed by atoms with Crippen molar-refractivity contribution in [2.75, 3.05) is 13.2 Å². The van der Waals surface area contributed by atoms with Crippen molar-refractivity contribution in [1.82, 2.24) is 4.90 Å². The molecule has 1 N–H and O–H groups in total. The number of hydrogen-bond acceptors (Lipinski definition) is 4. The average molecular weight is 365 g/mol. The fraction of sp³-hybridized carbons (Fsp3) is 0.318.